The monoisotopic (exact) mass is 329 g/mol. The van der Waals surface area contributed by atoms with Gasteiger partial charge in [0.15, 0.2) is 0 Å². The van der Waals surface area contributed by atoms with Crippen LogP contribution >= 0.6 is 0 Å². The molecule has 1 aliphatic rings. The van der Waals surface area contributed by atoms with E-state index in [9.17, 15) is 4.79 Å². The van der Waals surface area contributed by atoms with Crippen molar-refractivity contribution in [1.29, 1.82) is 0 Å². The minimum absolute atomic E-state index is 0.140. The predicted molar refractivity (Wildman–Crippen MR) is 92.4 cm³/mol. The Labute approximate surface area is 141 Å². The number of furan rings is 1. The van der Waals surface area contributed by atoms with E-state index in [1.807, 2.05) is 13.0 Å². The molecule has 1 saturated heterocycles. The summed E-state index contributed by atoms with van der Waals surface area (Å²) < 4.78 is 4.90. The van der Waals surface area contributed by atoms with Gasteiger partial charge in [-0.1, -0.05) is 0 Å². The molecule has 1 amide bonds. The van der Waals surface area contributed by atoms with E-state index in [2.05, 4.69) is 25.5 Å². The molecule has 0 radical (unpaired) electrons. The largest absolute Gasteiger partial charge is 0.472 e. The predicted octanol–water partition coefficient (Wildman–Crippen LogP) is 2.21. The number of piperidine rings is 1. The molecule has 3 rings (SSSR count). The van der Waals surface area contributed by atoms with Gasteiger partial charge in [0.25, 0.3) is 5.91 Å². The van der Waals surface area contributed by atoms with E-state index < -0.39 is 0 Å². The minimum Gasteiger partial charge on any atom is -0.472 e. The lowest BCUT2D eigenvalue weighted by molar-refractivity contribution is 0.0954. The fraction of sp³-hybridized carbons (Fsp3) is 0.471. The first-order valence-corrected chi connectivity index (χ1v) is 8.37. The third kappa shape index (κ3) is 4.24. The highest BCUT2D eigenvalue weighted by molar-refractivity contribution is 5.93. The number of nitrogens with zero attached hydrogens (tertiary/aromatic N) is 3. The molecule has 0 saturated carbocycles. The number of nitrogens with one attached hydrogen (secondary N) is 2. The molecule has 0 aromatic carbocycles. The first-order valence-electron chi connectivity index (χ1n) is 8.37. The van der Waals surface area contributed by atoms with Crippen LogP contribution in [-0.2, 0) is 0 Å². The number of aryl methyl sites for hydroxylation is 1. The van der Waals surface area contributed by atoms with Crippen LogP contribution in [0.2, 0.25) is 0 Å². The van der Waals surface area contributed by atoms with Crippen LogP contribution in [0.1, 0.15) is 35.4 Å². The first kappa shape index (κ1) is 16.3. The molecule has 128 valence electrons. The molecule has 24 heavy (non-hydrogen) atoms. The Morgan fingerprint density at radius 1 is 1.25 bits per heavy atom. The fourth-order valence-corrected chi connectivity index (χ4v) is 2.79. The first-order chi connectivity index (χ1) is 11.7. The van der Waals surface area contributed by atoms with E-state index in [0.29, 0.717) is 18.7 Å². The van der Waals surface area contributed by atoms with E-state index in [1.54, 1.807) is 6.07 Å². The molecule has 2 aromatic heterocycles. The summed E-state index contributed by atoms with van der Waals surface area (Å²) in [5, 5.41) is 6.08. The average molecular weight is 329 g/mol. The zero-order valence-corrected chi connectivity index (χ0v) is 13.9. The highest BCUT2D eigenvalue weighted by atomic mass is 16.3. The molecule has 0 bridgehead atoms. The van der Waals surface area contributed by atoms with Gasteiger partial charge in [0.05, 0.1) is 11.8 Å². The maximum absolute atomic E-state index is 11.8. The number of hydrogen-bond acceptors (Lipinski definition) is 6. The summed E-state index contributed by atoms with van der Waals surface area (Å²) in [6.45, 7) is 5.11. The highest BCUT2D eigenvalue weighted by Gasteiger charge is 2.13. The number of anilines is 2. The number of rotatable bonds is 6. The number of amides is 1. The van der Waals surface area contributed by atoms with Crippen molar-refractivity contribution in [3.8, 4) is 0 Å². The molecule has 1 fully saturated rings. The summed E-state index contributed by atoms with van der Waals surface area (Å²) in [4.78, 5) is 23.1. The summed E-state index contributed by atoms with van der Waals surface area (Å²) in [5.74, 6) is 2.38. The molecule has 3 heterocycles. The van der Waals surface area contributed by atoms with Crippen molar-refractivity contribution in [2.75, 3.05) is 36.4 Å². The molecule has 0 aliphatic carbocycles. The SMILES string of the molecule is Cc1nc(NCCNC(=O)c2ccoc2)cc(N2CCCCC2)n1. The maximum Gasteiger partial charge on any atom is 0.254 e. The topological polar surface area (TPSA) is 83.3 Å². The zero-order chi connectivity index (χ0) is 16.8. The molecule has 7 nitrogen and oxygen atoms in total. The van der Waals surface area contributed by atoms with E-state index in [1.165, 1.54) is 31.8 Å². The van der Waals surface area contributed by atoms with Gasteiger partial charge in [0, 0.05) is 32.2 Å². The molecule has 1 aliphatic heterocycles. The van der Waals surface area contributed by atoms with Gasteiger partial charge in [-0.05, 0) is 32.3 Å². The standard InChI is InChI=1S/C17H23N5O2/c1-13-20-15(11-16(21-13)22-8-3-2-4-9-22)18-6-7-19-17(23)14-5-10-24-12-14/h5,10-12H,2-4,6-9H2,1H3,(H,19,23)(H,18,20,21). The summed E-state index contributed by atoms with van der Waals surface area (Å²) in [6, 6.07) is 3.62. The molecule has 0 spiro atoms. The number of carbonyl (C=O) groups excluding carboxylic acids is 1. The molecular weight excluding hydrogens is 306 g/mol. The Morgan fingerprint density at radius 3 is 2.83 bits per heavy atom. The van der Waals surface area contributed by atoms with Gasteiger partial charge >= 0.3 is 0 Å². The molecule has 0 unspecified atom stereocenters. The lowest BCUT2D eigenvalue weighted by Gasteiger charge is -2.28. The van der Waals surface area contributed by atoms with Gasteiger partial charge in [0.2, 0.25) is 0 Å². The van der Waals surface area contributed by atoms with Crippen molar-refractivity contribution in [3.63, 3.8) is 0 Å². The second-order valence-corrected chi connectivity index (χ2v) is 5.90. The Kier molecular flexibility index (Phi) is 5.30. The smallest absolute Gasteiger partial charge is 0.254 e. The number of aromatic nitrogens is 2. The molecule has 2 N–H and O–H groups in total. The average Bonchev–Trinajstić information content (AvgIpc) is 3.14. The summed E-state index contributed by atoms with van der Waals surface area (Å²) in [6.07, 6.45) is 6.64. The lowest BCUT2D eigenvalue weighted by Crippen LogP contribution is -2.31. The quantitative estimate of drug-likeness (QED) is 0.791. The van der Waals surface area contributed by atoms with E-state index in [-0.39, 0.29) is 5.91 Å². The van der Waals surface area contributed by atoms with Gasteiger partial charge in [-0.3, -0.25) is 4.79 Å². The van der Waals surface area contributed by atoms with Crippen molar-refractivity contribution < 1.29 is 9.21 Å². The Bertz CT molecular complexity index is 666. The van der Waals surface area contributed by atoms with E-state index >= 15 is 0 Å². The highest BCUT2D eigenvalue weighted by Crippen LogP contribution is 2.20. The molecule has 7 heteroatoms. The Hall–Kier alpha value is -2.57. The summed E-state index contributed by atoms with van der Waals surface area (Å²) >= 11 is 0. The molecule has 0 atom stereocenters. The van der Waals surface area contributed by atoms with Gasteiger partial charge in [-0.2, -0.15) is 0 Å². The van der Waals surface area contributed by atoms with E-state index in [4.69, 9.17) is 4.42 Å². The fourth-order valence-electron chi connectivity index (χ4n) is 2.79. The molecular formula is C17H23N5O2. The van der Waals surface area contributed by atoms with Crippen LogP contribution in [0.3, 0.4) is 0 Å². The van der Waals surface area contributed by atoms with Crippen molar-refractivity contribution in [3.05, 3.63) is 36.0 Å². The number of carbonyl (C=O) groups is 1. The normalized spacial score (nSPS) is 14.5. The van der Waals surface area contributed by atoms with Crippen LogP contribution in [0, 0.1) is 6.92 Å². The maximum atomic E-state index is 11.8. The van der Waals surface area contributed by atoms with Crippen LogP contribution in [-0.4, -0.2) is 42.1 Å². The second kappa shape index (κ2) is 7.81. The minimum atomic E-state index is -0.140. The van der Waals surface area contributed by atoms with Crippen molar-refractivity contribution in [1.82, 2.24) is 15.3 Å². The van der Waals surface area contributed by atoms with Gasteiger partial charge in [-0.15, -0.1) is 0 Å². The van der Waals surface area contributed by atoms with Crippen LogP contribution in [0.15, 0.2) is 29.1 Å². The Balaban J connectivity index is 1.51. The third-order valence-corrected chi connectivity index (χ3v) is 4.00. The summed E-state index contributed by atoms with van der Waals surface area (Å²) in [7, 11) is 0. The summed E-state index contributed by atoms with van der Waals surface area (Å²) in [5.41, 5.74) is 0.528. The van der Waals surface area contributed by atoms with Gasteiger partial charge < -0.3 is 20.0 Å². The lowest BCUT2D eigenvalue weighted by atomic mass is 10.1. The third-order valence-electron chi connectivity index (χ3n) is 4.00. The van der Waals surface area contributed by atoms with Gasteiger partial charge in [-0.25, -0.2) is 9.97 Å². The van der Waals surface area contributed by atoms with E-state index in [0.717, 1.165) is 30.5 Å². The van der Waals surface area contributed by atoms with Crippen LogP contribution < -0.4 is 15.5 Å². The number of hydrogen-bond donors (Lipinski definition) is 2. The second-order valence-electron chi connectivity index (χ2n) is 5.90. The van der Waals surface area contributed by atoms with Gasteiger partial charge in [0.1, 0.15) is 23.7 Å². The van der Waals surface area contributed by atoms with Crippen molar-refractivity contribution in [2.24, 2.45) is 0 Å². The van der Waals surface area contributed by atoms with Crippen LogP contribution in [0.5, 0.6) is 0 Å². The van der Waals surface area contributed by atoms with Crippen molar-refractivity contribution in [2.45, 2.75) is 26.2 Å². The van der Waals surface area contributed by atoms with Crippen LogP contribution in [0.4, 0.5) is 11.6 Å². The van der Waals surface area contributed by atoms with Crippen LogP contribution in [0.25, 0.3) is 0 Å². The van der Waals surface area contributed by atoms with Crippen molar-refractivity contribution >= 4 is 17.5 Å². The Morgan fingerprint density at radius 2 is 2.08 bits per heavy atom. The molecule has 2 aromatic rings. The zero-order valence-electron chi connectivity index (χ0n) is 13.9.